The molecule has 0 fully saturated rings. The standard InChI is InChI=1S/C19H16N2O/c22-19(17-10-11-20-18-7-2-1-6-16(17)18)21-15-9-8-13-4-3-5-14(13)12-15/h1-2,6-12H,3-5H2,(H,21,22). The predicted octanol–water partition coefficient (Wildman–Crippen LogP) is 3.98. The van der Waals surface area contributed by atoms with Crippen LogP contribution in [0.25, 0.3) is 10.9 Å². The number of carbonyl (C=O) groups is 1. The minimum absolute atomic E-state index is 0.0865. The van der Waals surface area contributed by atoms with E-state index in [9.17, 15) is 4.79 Å². The normalized spacial score (nSPS) is 13.1. The molecule has 0 unspecified atom stereocenters. The van der Waals surface area contributed by atoms with Crippen LogP contribution in [0.3, 0.4) is 0 Å². The zero-order chi connectivity index (χ0) is 14.9. The highest BCUT2D eigenvalue weighted by molar-refractivity contribution is 6.12. The molecule has 3 aromatic rings. The molecule has 0 saturated heterocycles. The van der Waals surface area contributed by atoms with E-state index in [4.69, 9.17) is 0 Å². The molecular weight excluding hydrogens is 272 g/mol. The zero-order valence-electron chi connectivity index (χ0n) is 12.2. The number of pyridine rings is 1. The molecule has 0 aliphatic heterocycles. The monoisotopic (exact) mass is 288 g/mol. The third-order valence-corrected chi connectivity index (χ3v) is 4.25. The fourth-order valence-electron chi connectivity index (χ4n) is 3.14. The molecule has 1 heterocycles. The molecule has 1 aliphatic rings. The largest absolute Gasteiger partial charge is 0.322 e. The Morgan fingerprint density at radius 2 is 1.86 bits per heavy atom. The molecule has 3 nitrogen and oxygen atoms in total. The van der Waals surface area contributed by atoms with Crippen LogP contribution in [-0.2, 0) is 12.8 Å². The van der Waals surface area contributed by atoms with E-state index in [2.05, 4.69) is 22.4 Å². The van der Waals surface area contributed by atoms with Gasteiger partial charge in [0.05, 0.1) is 11.1 Å². The fourth-order valence-corrected chi connectivity index (χ4v) is 3.14. The number of para-hydroxylation sites is 1. The molecule has 1 amide bonds. The molecule has 2 aromatic carbocycles. The highest BCUT2D eigenvalue weighted by Crippen LogP contribution is 2.25. The van der Waals surface area contributed by atoms with Crippen molar-refractivity contribution in [1.82, 2.24) is 4.98 Å². The lowest BCUT2D eigenvalue weighted by molar-refractivity contribution is 0.102. The van der Waals surface area contributed by atoms with Crippen molar-refractivity contribution in [2.75, 3.05) is 5.32 Å². The van der Waals surface area contributed by atoms with Crippen LogP contribution in [0.15, 0.2) is 54.7 Å². The van der Waals surface area contributed by atoms with Gasteiger partial charge in [-0.15, -0.1) is 0 Å². The van der Waals surface area contributed by atoms with Crippen molar-refractivity contribution >= 4 is 22.5 Å². The fraction of sp³-hybridized carbons (Fsp3) is 0.158. The number of nitrogens with one attached hydrogen (secondary N) is 1. The number of nitrogens with zero attached hydrogens (tertiary/aromatic N) is 1. The minimum Gasteiger partial charge on any atom is -0.322 e. The van der Waals surface area contributed by atoms with Gasteiger partial charge in [0.25, 0.3) is 5.91 Å². The summed E-state index contributed by atoms with van der Waals surface area (Å²) >= 11 is 0. The highest BCUT2D eigenvalue weighted by atomic mass is 16.1. The third kappa shape index (κ3) is 2.25. The van der Waals surface area contributed by atoms with Gasteiger partial charge in [-0.3, -0.25) is 9.78 Å². The van der Waals surface area contributed by atoms with E-state index in [1.165, 1.54) is 17.5 Å². The molecule has 1 aromatic heterocycles. The van der Waals surface area contributed by atoms with Gasteiger partial charge >= 0.3 is 0 Å². The van der Waals surface area contributed by atoms with Crippen LogP contribution >= 0.6 is 0 Å². The zero-order valence-corrected chi connectivity index (χ0v) is 12.2. The number of amides is 1. The second kappa shape index (κ2) is 5.26. The maximum atomic E-state index is 12.6. The summed E-state index contributed by atoms with van der Waals surface area (Å²) in [7, 11) is 0. The van der Waals surface area contributed by atoms with Crippen LogP contribution in [0, 0.1) is 0 Å². The first kappa shape index (κ1) is 13.0. The Kier molecular flexibility index (Phi) is 3.11. The quantitative estimate of drug-likeness (QED) is 0.775. The minimum atomic E-state index is -0.0865. The molecular formula is C19H16N2O. The molecule has 3 heteroatoms. The summed E-state index contributed by atoms with van der Waals surface area (Å²) in [6.45, 7) is 0. The SMILES string of the molecule is O=C(Nc1ccc2c(c1)CCC2)c1ccnc2ccccc12. The van der Waals surface area contributed by atoms with Crippen molar-refractivity contribution < 1.29 is 4.79 Å². The van der Waals surface area contributed by atoms with Crippen molar-refractivity contribution in [2.45, 2.75) is 19.3 Å². The van der Waals surface area contributed by atoms with E-state index in [1.807, 2.05) is 30.3 Å². The molecule has 4 rings (SSSR count). The number of fused-ring (bicyclic) bond motifs is 2. The molecule has 0 saturated carbocycles. The van der Waals surface area contributed by atoms with E-state index in [-0.39, 0.29) is 5.91 Å². The molecule has 22 heavy (non-hydrogen) atoms. The van der Waals surface area contributed by atoms with Crippen molar-refractivity contribution in [3.8, 4) is 0 Å². The van der Waals surface area contributed by atoms with Gasteiger partial charge in [-0.05, 0) is 54.7 Å². The lowest BCUT2D eigenvalue weighted by Crippen LogP contribution is -2.12. The van der Waals surface area contributed by atoms with Crippen molar-refractivity contribution in [2.24, 2.45) is 0 Å². The Bertz CT molecular complexity index is 865. The Labute approximate surface area is 129 Å². The Morgan fingerprint density at radius 3 is 2.82 bits per heavy atom. The number of hydrogen-bond donors (Lipinski definition) is 1. The Hall–Kier alpha value is -2.68. The van der Waals surface area contributed by atoms with E-state index >= 15 is 0 Å². The maximum Gasteiger partial charge on any atom is 0.256 e. The third-order valence-electron chi connectivity index (χ3n) is 4.25. The van der Waals surface area contributed by atoms with Crippen LogP contribution in [0.2, 0.25) is 0 Å². The van der Waals surface area contributed by atoms with Crippen LogP contribution in [0.5, 0.6) is 0 Å². The number of aromatic nitrogens is 1. The molecule has 0 atom stereocenters. The van der Waals surface area contributed by atoms with Gasteiger partial charge in [0.1, 0.15) is 0 Å². The Balaban J connectivity index is 1.66. The summed E-state index contributed by atoms with van der Waals surface area (Å²) in [5.41, 5.74) is 5.13. The van der Waals surface area contributed by atoms with E-state index in [0.717, 1.165) is 29.4 Å². The number of rotatable bonds is 2. The number of hydrogen-bond acceptors (Lipinski definition) is 2. The smallest absolute Gasteiger partial charge is 0.256 e. The second-order valence-corrected chi connectivity index (χ2v) is 5.67. The average Bonchev–Trinajstić information content (AvgIpc) is 3.02. The number of carbonyl (C=O) groups excluding carboxylic acids is 1. The summed E-state index contributed by atoms with van der Waals surface area (Å²) in [5.74, 6) is -0.0865. The summed E-state index contributed by atoms with van der Waals surface area (Å²) in [5, 5.41) is 3.89. The van der Waals surface area contributed by atoms with Crippen LogP contribution < -0.4 is 5.32 Å². The lowest BCUT2D eigenvalue weighted by atomic mass is 10.1. The van der Waals surface area contributed by atoms with E-state index < -0.39 is 0 Å². The van der Waals surface area contributed by atoms with Gasteiger partial charge in [-0.25, -0.2) is 0 Å². The van der Waals surface area contributed by atoms with Gasteiger partial charge < -0.3 is 5.32 Å². The maximum absolute atomic E-state index is 12.6. The van der Waals surface area contributed by atoms with Crippen LogP contribution in [0.1, 0.15) is 27.9 Å². The van der Waals surface area contributed by atoms with Crippen molar-refractivity contribution in [3.63, 3.8) is 0 Å². The molecule has 0 radical (unpaired) electrons. The van der Waals surface area contributed by atoms with Gasteiger partial charge in [-0.1, -0.05) is 24.3 Å². The van der Waals surface area contributed by atoms with Crippen molar-refractivity contribution in [3.05, 3.63) is 71.4 Å². The Morgan fingerprint density at radius 1 is 1.00 bits per heavy atom. The van der Waals surface area contributed by atoms with Gasteiger partial charge in [0.2, 0.25) is 0 Å². The topological polar surface area (TPSA) is 42.0 Å². The first-order chi connectivity index (χ1) is 10.8. The predicted molar refractivity (Wildman–Crippen MR) is 88.2 cm³/mol. The number of aryl methyl sites for hydroxylation is 2. The summed E-state index contributed by atoms with van der Waals surface area (Å²) in [6, 6.07) is 15.7. The van der Waals surface area contributed by atoms with Crippen LogP contribution in [0.4, 0.5) is 5.69 Å². The van der Waals surface area contributed by atoms with Crippen molar-refractivity contribution in [1.29, 1.82) is 0 Å². The summed E-state index contributed by atoms with van der Waals surface area (Å²) in [6.07, 6.45) is 5.15. The number of benzene rings is 2. The van der Waals surface area contributed by atoms with E-state index in [0.29, 0.717) is 5.56 Å². The molecule has 108 valence electrons. The summed E-state index contributed by atoms with van der Waals surface area (Å²) in [4.78, 5) is 16.9. The lowest BCUT2D eigenvalue weighted by Gasteiger charge is -2.09. The number of anilines is 1. The first-order valence-electron chi connectivity index (χ1n) is 7.58. The van der Waals surface area contributed by atoms with Crippen LogP contribution in [-0.4, -0.2) is 10.9 Å². The molecule has 0 spiro atoms. The molecule has 1 aliphatic carbocycles. The molecule has 1 N–H and O–H groups in total. The van der Waals surface area contributed by atoms with E-state index in [1.54, 1.807) is 12.3 Å². The van der Waals surface area contributed by atoms with Gasteiger partial charge in [0.15, 0.2) is 0 Å². The summed E-state index contributed by atoms with van der Waals surface area (Å²) < 4.78 is 0. The van der Waals surface area contributed by atoms with Gasteiger partial charge in [-0.2, -0.15) is 0 Å². The molecule has 0 bridgehead atoms. The average molecular weight is 288 g/mol. The highest BCUT2D eigenvalue weighted by Gasteiger charge is 2.14. The first-order valence-corrected chi connectivity index (χ1v) is 7.58. The van der Waals surface area contributed by atoms with Gasteiger partial charge in [0, 0.05) is 17.3 Å². The second-order valence-electron chi connectivity index (χ2n) is 5.67.